The highest BCUT2D eigenvalue weighted by Crippen LogP contribution is 2.30. The van der Waals surface area contributed by atoms with Gasteiger partial charge in [0.25, 0.3) is 11.8 Å². The fourth-order valence-corrected chi connectivity index (χ4v) is 4.57. The summed E-state index contributed by atoms with van der Waals surface area (Å²) in [4.78, 5) is 39.2. The summed E-state index contributed by atoms with van der Waals surface area (Å²) >= 11 is 0. The predicted octanol–water partition coefficient (Wildman–Crippen LogP) is 5.21. The molecule has 1 aliphatic rings. The first kappa shape index (κ1) is 25.9. The highest BCUT2D eigenvalue weighted by atomic mass is 16.5. The molecule has 7 heteroatoms. The van der Waals surface area contributed by atoms with E-state index in [0.717, 1.165) is 24.1 Å². The highest BCUT2D eigenvalue weighted by Gasteiger charge is 2.26. The third kappa shape index (κ3) is 6.36. The van der Waals surface area contributed by atoms with Crippen LogP contribution in [0.1, 0.15) is 57.5 Å². The molecule has 1 heterocycles. The molecule has 2 amide bonds. The first-order chi connectivity index (χ1) is 17.9. The van der Waals surface area contributed by atoms with E-state index < -0.39 is 12.1 Å². The number of nitrogens with one attached hydrogen (secondary N) is 1. The lowest BCUT2D eigenvalue weighted by Gasteiger charge is -2.32. The molecule has 1 aliphatic heterocycles. The van der Waals surface area contributed by atoms with E-state index in [1.54, 1.807) is 25.1 Å². The van der Waals surface area contributed by atoms with Crippen LogP contribution in [0.2, 0.25) is 0 Å². The number of esters is 1. The van der Waals surface area contributed by atoms with E-state index in [0.29, 0.717) is 35.9 Å². The molecular weight excluding hydrogens is 468 g/mol. The number of aryl methyl sites for hydroxylation is 1. The summed E-state index contributed by atoms with van der Waals surface area (Å²) in [5.74, 6) is 0.356. The van der Waals surface area contributed by atoms with Gasteiger partial charge < -0.3 is 19.7 Å². The molecule has 0 saturated carbocycles. The maximum absolute atomic E-state index is 13.1. The molecule has 1 fully saturated rings. The number of carbonyl (C=O) groups excluding carboxylic acids is 3. The number of carbonyl (C=O) groups is 3. The Bertz CT molecular complexity index is 1250. The molecule has 1 atom stereocenters. The molecule has 0 aliphatic carbocycles. The van der Waals surface area contributed by atoms with Gasteiger partial charge in [0.05, 0.1) is 12.7 Å². The highest BCUT2D eigenvalue weighted by molar-refractivity contribution is 5.98. The minimum absolute atomic E-state index is 0.0164. The van der Waals surface area contributed by atoms with Crippen molar-refractivity contribution in [2.24, 2.45) is 0 Å². The zero-order chi connectivity index (χ0) is 26.4. The first-order valence-corrected chi connectivity index (χ1v) is 12.5. The zero-order valence-electron chi connectivity index (χ0n) is 21.4. The van der Waals surface area contributed by atoms with Crippen LogP contribution >= 0.6 is 0 Å². The number of amides is 2. The second-order valence-corrected chi connectivity index (χ2v) is 9.27. The molecule has 1 N–H and O–H groups in total. The molecule has 192 valence electrons. The average Bonchev–Trinajstić information content (AvgIpc) is 2.93. The monoisotopic (exact) mass is 500 g/mol. The Balaban J connectivity index is 1.30. The normalized spacial score (nSPS) is 14.5. The van der Waals surface area contributed by atoms with E-state index in [4.69, 9.17) is 9.47 Å². The van der Waals surface area contributed by atoms with Crippen LogP contribution < -0.4 is 10.1 Å². The quantitative estimate of drug-likeness (QED) is 0.451. The number of anilines is 1. The number of benzene rings is 3. The third-order valence-electron chi connectivity index (χ3n) is 6.73. The van der Waals surface area contributed by atoms with Crippen LogP contribution in [-0.2, 0) is 9.53 Å². The smallest absolute Gasteiger partial charge is 0.337 e. The lowest BCUT2D eigenvalue weighted by Crippen LogP contribution is -2.38. The third-order valence-corrected chi connectivity index (χ3v) is 6.73. The number of rotatable bonds is 7. The summed E-state index contributed by atoms with van der Waals surface area (Å²) < 4.78 is 10.5. The van der Waals surface area contributed by atoms with Crippen molar-refractivity contribution in [2.45, 2.75) is 38.7 Å². The lowest BCUT2D eigenvalue weighted by atomic mass is 9.89. The summed E-state index contributed by atoms with van der Waals surface area (Å²) in [5.41, 5.74) is 3.72. The number of para-hydroxylation sites is 1. The van der Waals surface area contributed by atoms with Gasteiger partial charge in [-0.25, -0.2) is 4.79 Å². The predicted molar refractivity (Wildman–Crippen MR) is 142 cm³/mol. The lowest BCUT2D eigenvalue weighted by molar-refractivity contribution is -0.122. The molecule has 3 aromatic carbocycles. The van der Waals surface area contributed by atoms with E-state index in [1.807, 2.05) is 66.4 Å². The van der Waals surface area contributed by atoms with Crippen molar-refractivity contribution in [1.29, 1.82) is 0 Å². The zero-order valence-corrected chi connectivity index (χ0v) is 21.4. The van der Waals surface area contributed by atoms with Crippen LogP contribution in [0.4, 0.5) is 5.69 Å². The summed E-state index contributed by atoms with van der Waals surface area (Å²) in [6.07, 6.45) is 1.10. The van der Waals surface area contributed by atoms with Crippen LogP contribution in [0.3, 0.4) is 0 Å². The summed E-state index contributed by atoms with van der Waals surface area (Å²) in [6.45, 7) is 4.88. The number of piperidine rings is 1. The van der Waals surface area contributed by atoms with Gasteiger partial charge in [0.1, 0.15) is 5.75 Å². The largest absolute Gasteiger partial charge is 0.481 e. The van der Waals surface area contributed by atoms with Crippen molar-refractivity contribution in [3.05, 3.63) is 95.1 Å². The van der Waals surface area contributed by atoms with E-state index in [1.165, 1.54) is 12.7 Å². The molecule has 1 saturated heterocycles. The van der Waals surface area contributed by atoms with Crippen LogP contribution in [0, 0.1) is 6.92 Å². The topological polar surface area (TPSA) is 84.9 Å². The molecular formula is C30H32N2O5. The van der Waals surface area contributed by atoms with E-state index in [9.17, 15) is 14.4 Å². The first-order valence-electron chi connectivity index (χ1n) is 12.5. The fourth-order valence-electron chi connectivity index (χ4n) is 4.57. The summed E-state index contributed by atoms with van der Waals surface area (Å²) in [7, 11) is 1.34. The maximum atomic E-state index is 13.1. The SMILES string of the molecule is COC(=O)c1ccc(C(=O)N2CCC(c3ccc(NC(=O)[C@@H](C)Oc4ccccc4)cc3)CC2)c(C)c1. The minimum atomic E-state index is -0.621. The van der Waals surface area contributed by atoms with Crippen LogP contribution in [0.5, 0.6) is 5.75 Å². The number of hydrogen-bond donors (Lipinski definition) is 1. The van der Waals surface area contributed by atoms with Crippen molar-refractivity contribution in [1.82, 2.24) is 4.90 Å². The second kappa shape index (κ2) is 11.7. The standard InChI is InChI=1S/C30H32N2O5/c1-20-19-24(30(35)36-3)11-14-27(20)29(34)32-17-15-23(16-18-32)22-9-12-25(13-10-22)31-28(33)21(2)37-26-7-5-4-6-8-26/h4-14,19,21,23H,15-18H2,1-3H3,(H,31,33)/t21-/m1/s1. The Labute approximate surface area is 217 Å². The molecule has 4 rings (SSSR count). The Hall–Kier alpha value is -4.13. The van der Waals surface area contributed by atoms with Gasteiger partial charge in [-0.05, 0) is 86.2 Å². The second-order valence-electron chi connectivity index (χ2n) is 9.27. The molecule has 3 aromatic rings. The summed E-state index contributed by atoms with van der Waals surface area (Å²) in [6, 6.07) is 22.2. The molecule has 0 spiro atoms. The Morgan fingerprint density at radius 1 is 0.946 bits per heavy atom. The molecule has 0 radical (unpaired) electrons. The molecule has 0 bridgehead atoms. The van der Waals surface area contributed by atoms with Gasteiger partial charge >= 0.3 is 5.97 Å². The van der Waals surface area contributed by atoms with Gasteiger partial charge in [-0.3, -0.25) is 9.59 Å². The molecule has 7 nitrogen and oxygen atoms in total. The Morgan fingerprint density at radius 2 is 1.62 bits per heavy atom. The van der Waals surface area contributed by atoms with Crippen molar-refractivity contribution >= 4 is 23.5 Å². The number of hydrogen-bond acceptors (Lipinski definition) is 5. The van der Waals surface area contributed by atoms with Gasteiger partial charge in [0.2, 0.25) is 0 Å². The number of nitrogens with zero attached hydrogens (tertiary/aromatic N) is 1. The van der Waals surface area contributed by atoms with Gasteiger partial charge in [-0.1, -0.05) is 30.3 Å². The minimum Gasteiger partial charge on any atom is -0.481 e. The van der Waals surface area contributed by atoms with Gasteiger partial charge in [0.15, 0.2) is 6.10 Å². The van der Waals surface area contributed by atoms with Crippen molar-refractivity contribution in [3.8, 4) is 5.75 Å². The van der Waals surface area contributed by atoms with E-state index >= 15 is 0 Å². The van der Waals surface area contributed by atoms with Crippen LogP contribution in [0.25, 0.3) is 0 Å². The van der Waals surface area contributed by atoms with Crippen LogP contribution in [-0.4, -0.2) is 49.0 Å². The molecule has 0 aromatic heterocycles. The van der Waals surface area contributed by atoms with Crippen molar-refractivity contribution in [2.75, 3.05) is 25.5 Å². The van der Waals surface area contributed by atoms with Crippen molar-refractivity contribution in [3.63, 3.8) is 0 Å². The Kier molecular flexibility index (Phi) is 8.23. The van der Waals surface area contributed by atoms with Crippen LogP contribution in [0.15, 0.2) is 72.8 Å². The number of methoxy groups -OCH3 is 1. The van der Waals surface area contributed by atoms with Gasteiger partial charge in [-0.2, -0.15) is 0 Å². The van der Waals surface area contributed by atoms with E-state index in [2.05, 4.69) is 5.32 Å². The number of ether oxygens (including phenoxy) is 2. The molecule has 37 heavy (non-hydrogen) atoms. The summed E-state index contributed by atoms with van der Waals surface area (Å²) in [5, 5.41) is 2.91. The fraction of sp³-hybridized carbons (Fsp3) is 0.300. The van der Waals surface area contributed by atoms with Crippen molar-refractivity contribution < 1.29 is 23.9 Å². The van der Waals surface area contributed by atoms with Gasteiger partial charge in [-0.15, -0.1) is 0 Å². The van der Waals surface area contributed by atoms with E-state index in [-0.39, 0.29) is 11.8 Å². The average molecular weight is 501 g/mol. The Morgan fingerprint density at radius 3 is 2.24 bits per heavy atom. The van der Waals surface area contributed by atoms with Gasteiger partial charge in [0, 0.05) is 24.3 Å². The number of likely N-dealkylation sites (tertiary alicyclic amines) is 1. The molecule has 0 unspecified atom stereocenters. The maximum Gasteiger partial charge on any atom is 0.337 e.